The van der Waals surface area contributed by atoms with Gasteiger partial charge in [0, 0.05) is 18.4 Å². The second-order valence-electron chi connectivity index (χ2n) is 5.25. The smallest absolute Gasteiger partial charge is 0.0756 e. The first-order chi connectivity index (χ1) is 10.3. The molecule has 2 aromatic rings. The number of pyridine rings is 1. The Bertz CT molecular complexity index is 508. The summed E-state index contributed by atoms with van der Waals surface area (Å²) in [4.78, 5) is 4.41. The number of hydrogen-bond acceptors (Lipinski definition) is 4. The number of rotatable bonds is 9. The van der Waals surface area contributed by atoms with Gasteiger partial charge in [-0.25, -0.2) is 4.68 Å². The molecule has 21 heavy (non-hydrogen) atoms. The lowest BCUT2D eigenvalue weighted by Crippen LogP contribution is -2.25. The number of aromatic nitrogens is 4. The largest absolute Gasteiger partial charge is 0.309 e. The van der Waals surface area contributed by atoms with Crippen molar-refractivity contribution in [2.75, 3.05) is 6.54 Å². The second kappa shape index (κ2) is 8.52. The predicted molar refractivity (Wildman–Crippen MR) is 83.9 cm³/mol. The van der Waals surface area contributed by atoms with E-state index in [0.717, 1.165) is 44.5 Å². The molecule has 0 saturated heterocycles. The molecule has 0 saturated carbocycles. The first-order valence-electron chi connectivity index (χ1n) is 7.86. The number of aryl methyl sites for hydroxylation is 2. The van der Waals surface area contributed by atoms with E-state index in [1.165, 1.54) is 5.69 Å². The van der Waals surface area contributed by atoms with Gasteiger partial charge in [0.05, 0.1) is 17.9 Å². The highest BCUT2D eigenvalue weighted by Crippen LogP contribution is 2.18. The molecule has 0 spiro atoms. The highest BCUT2D eigenvalue weighted by atomic mass is 15.4. The molecule has 0 aliphatic heterocycles. The molecule has 0 aliphatic rings. The fourth-order valence-corrected chi connectivity index (χ4v) is 2.43. The summed E-state index contributed by atoms with van der Waals surface area (Å²) in [6, 6.07) is 6.36. The Morgan fingerprint density at radius 3 is 2.86 bits per heavy atom. The molecule has 1 unspecified atom stereocenters. The van der Waals surface area contributed by atoms with Crippen molar-refractivity contribution in [3.8, 4) is 0 Å². The molecule has 5 nitrogen and oxygen atoms in total. The van der Waals surface area contributed by atoms with Crippen LogP contribution in [0.5, 0.6) is 0 Å². The first-order valence-corrected chi connectivity index (χ1v) is 7.86. The topological polar surface area (TPSA) is 55.6 Å². The molecule has 2 heterocycles. The zero-order chi connectivity index (χ0) is 14.9. The quantitative estimate of drug-likeness (QED) is 0.770. The fraction of sp³-hybridized carbons (Fsp3) is 0.562. The minimum atomic E-state index is 0.286. The number of hydrogen-bond donors (Lipinski definition) is 1. The average molecular weight is 287 g/mol. The van der Waals surface area contributed by atoms with Crippen LogP contribution in [0.25, 0.3) is 0 Å². The van der Waals surface area contributed by atoms with Crippen LogP contribution in [-0.2, 0) is 13.0 Å². The van der Waals surface area contributed by atoms with E-state index >= 15 is 0 Å². The summed E-state index contributed by atoms with van der Waals surface area (Å²) in [5.41, 5.74) is 2.32. The van der Waals surface area contributed by atoms with Gasteiger partial charge < -0.3 is 5.32 Å². The summed E-state index contributed by atoms with van der Waals surface area (Å²) < 4.78 is 2.02. The van der Waals surface area contributed by atoms with Gasteiger partial charge in [0.1, 0.15) is 0 Å². The van der Waals surface area contributed by atoms with Crippen LogP contribution >= 0.6 is 0 Å². The molecule has 0 fully saturated rings. The first kappa shape index (κ1) is 15.6. The Labute approximate surface area is 126 Å². The van der Waals surface area contributed by atoms with Gasteiger partial charge in [-0.1, -0.05) is 25.1 Å². The van der Waals surface area contributed by atoms with Crippen LogP contribution in [0, 0.1) is 0 Å². The minimum absolute atomic E-state index is 0.286. The Kier molecular flexibility index (Phi) is 6.34. The normalized spacial score (nSPS) is 12.5. The van der Waals surface area contributed by atoms with Gasteiger partial charge in [-0.05, 0) is 44.4 Å². The van der Waals surface area contributed by atoms with E-state index < -0.39 is 0 Å². The van der Waals surface area contributed by atoms with Gasteiger partial charge in [0.15, 0.2) is 0 Å². The molecule has 0 amide bonds. The fourth-order valence-electron chi connectivity index (χ4n) is 2.43. The third-order valence-electron chi connectivity index (χ3n) is 3.50. The Morgan fingerprint density at radius 2 is 2.14 bits per heavy atom. The lowest BCUT2D eigenvalue weighted by Gasteiger charge is -2.19. The van der Waals surface area contributed by atoms with Crippen LogP contribution in [0.4, 0.5) is 0 Å². The van der Waals surface area contributed by atoms with Crippen LogP contribution in [0.1, 0.15) is 50.5 Å². The molecule has 0 bridgehead atoms. The van der Waals surface area contributed by atoms with Crippen LogP contribution in [0.2, 0.25) is 0 Å². The zero-order valence-electron chi connectivity index (χ0n) is 13.0. The highest BCUT2D eigenvalue weighted by molar-refractivity contribution is 5.07. The third kappa shape index (κ3) is 4.63. The maximum atomic E-state index is 4.41. The minimum Gasteiger partial charge on any atom is -0.309 e. The summed E-state index contributed by atoms with van der Waals surface area (Å²) >= 11 is 0. The van der Waals surface area contributed by atoms with Crippen molar-refractivity contribution in [3.63, 3.8) is 0 Å². The van der Waals surface area contributed by atoms with Gasteiger partial charge >= 0.3 is 0 Å². The van der Waals surface area contributed by atoms with Crippen molar-refractivity contribution in [1.82, 2.24) is 25.3 Å². The van der Waals surface area contributed by atoms with Crippen molar-refractivity contribution in [2.45, 2.75) is 52.1 Å². The maximum Gasteiger partial charge on any atom is 0.0756 e. The summed E-state index contributed by atoms with van der Waals surface area (Å²) in [6.45, 7) is 6.27. The van der Waals surface area contributed by atoms with E-state index in [2.05, 4.69) is 40.5 Å². The molecular formula is C16H25N5. The molecule has 1 atom stereocenters. The molecule has 0 aromatic carbocycles. The van der Waals surface area contributed by atoms with Crippen LogP contribution in [0.3, 0.4) is 0 Å². The zero-order valence-corrected chi connectivity index (χ0v) is 13.0. The predicted octanol–water partition coefficient (Wildman–Crippen LogP) is 2.76. The maximum absolute atomic E-state index is 4.41. The van der Waals surface area contributed by atoms with Crippen molar-refractivity contribution < 1.29 is 0 Å². The van der Waals surface area contributed by atoms with Gasteiger partial charge in [0.25, 0.3) is 0 Å². The van der Waals surface area contributed by atoms with E-state index in [1.54, 1.807) is 0 Å². The van der Waals surface area contributed by atoms with Crippen LogP contribution < -0.4 is 5.32 Å². The van der Waals surface area contributed by atoms with Crippen molar-refractivity contribution >= 4 is 0 Å². The van der Waals surface area contributed by atoms with Crippen molar-refractivity contribution in [3.05, 3.63) is 42.0 Å². The van der Waals surface area contributed by atoms with E-state index in [-0.39, 0.29) is 6.04 Å². The van der Waals surface area contributed by atoms with Gasteiger partial charge in [-0.2, -0.15) is 0 Å². The number of nitrogens with zero attached hydrogens (tertiary/aromatic N) is 4. The SMILES string of the molecule is CCCNC(CCc1ccccn1)c1cnnn1CCC. The molecule has 5 heteroatoms. The van der Waals surface area contributed by atoms with Gasteiger partial charge in [-0.15, -0.1) is 5.10 Å². The molecular weight excluding hydrogens is 262 g/mol. The lowest BCUT2D eigenvalue weighted by molar-refractivity contribution is 0.445. The van der Waals surface area contributed by atoms with Crippen molar-refractivity contribution in [1.29, 1.82) is 0 Å². The Balaban J connectivity index is 2.04. The summed E-state index contributed by atoms with van der Waals surface area (Å²) in [7, 11) is 0. The molecule has 1 N–H and O–H groups in total. The molecule has 2 rings (SSSR count). The average Bonchev–Trinajstić information content (AvgIpc) is 2.97. The molecule has 0 radical (unpaired) electrons. The van der Waals surface area contributed by atoms with E-state index in [0.29, 0.717) is 0 Å². The van der Waals surface area contributed by atoms with Crippen molar-refractivity contribution in [2.24, 2.45) is 0 Å². The van der Waals surface area contributed by atoms with Gasteiger partial charge in [-0.3, -0.25) is 4.98 Å². The Hall–Kier alpha value is -1.75. The van der Waals surface area contributed by atoms with Crippen LogP contribution in [0.15, 0.2) is 30.6 Å². The summed E-state index contributed by atoms with van der Waals surface area (Å²) in [5, 5.41) is 11.9. The van der Waals surface area contributed by atoms with Gasteiger partial charge in [0.2, 0.25) is 0 Å². The van der Waals surface area contributed by atoms with Crippen LogP contribution in [-0.4, -0.2) is 26.5 Å². The lowest BCUT2D eigenvalue weighted by atomic mass is 10.1. The standard InChI is InChI=1S/C16H25N5/c1-3-10-18-15(9-8-14-7-5-6-11-17-14)16-13-19-20-21(16)12-4-2/h5-7,11,13,15,18H,3-4,8-10,12H2,1-2H3. The molecule has 2 aromatic heterocycles. The van der Waals surface area contributed by atoms with E-state index in [4.69, 9.17) is 0 Å². The molecule has 114 valence electrons. The summed E-state index contributed by atoms with van der Waals surface area (Å²) in [5.74, 6) is 0. The monoisotopic (exact) mass is 287 g/mol. The number of nitrogens with one attached hydrogen (secondary N) is 1. The van der Waals surface area contributed by atoms with E-state index in [1.807, 2.05) is 29.2 Å². The van der Waals surface area contributed by atoms with E-state index in [9.17, 15) is 0 Å². The molecule has 0 aliphatic carbocycles. The second-order valence-corrected chi connectivity index (χ2v) is 5.25. The highest BCUT2D eigenvalue weighted by Gasteiger charge is 2.16. The third-order valence-corrected chi connectivity index (χ3v) is 3.50. The summed E-state index contributed by atoms with van der Waals surface area (Å²) in [6.07, 6.45) is 7.90. The Morgan fingerprint density at radius 1 is 1.24 bits per heavy atom.